The molecule has 2 aromatic heterocycles. The Bertz CT molecular complexity index is 1710. The van der Waals surface area contributed by atoms with Crippen LogP contribution < -0.4 is 15.0 Å². The number of carbonyl (C=O) groups is 1. The minimum Gasteiger partial charge on any atom is -0.480 e. The van der Waals surface area contributed by atoms with Crippen LogP contribution in [-0.2, 0) is 29.2 Å². The van der Waals surface area contributed by atoms with Crippen molar-refractivity contribution in [1.29, 1.82) is 5.26 Å². The summed E-state index contributed by atoms with van der Waals surface area (Å²) in [4.78, 5) is 27.8. The molecule has 0 saturated heterocycles. The summed E-state index contributed by atoms with van der Waals surface area (Å²) in [5.41, 5.74) is 1.29. The van der Waals surface area contributed by atoms with E-state index in [9.17, 15) is 18.5 Å². The average molecular weight is 645 g/mol. The van der Waals surface area contributed by atoms with Crippen LogP contribution in [0.2, 0.25) is 5.02 Å². The van der Waals surface area contributed by atoms with Crippen LogP contribution in [0.15, 0.2) is 36.7 Å². The summed E-state index contributed by atoms with van der Waals surface area (Å²) in [6, 6.07) is 9.04. The molecule has 3 aromatic rings. The highest BCUT2D eigenvalue weighted by molar-refractivity contribution is 7.85. The first-order valence-electron chi connectivity index (χ1n) is 13.4. The maximum atomic E-state index is 13.3. The Hall–Kier alpha value is -4.03. The van der Waals surface area contributed by atoms with E-state index >= 15 is 0 Å². The van der Waals surface area contributed by atoms with Gasteiger partial charge >= 0.3 is 6.09 Å². The maximum Gasteiger partial charge on any atom is 0.414 e. The summed E-state index contributed by atoms with van der Waals surface area (Å²) in [7, 11) is -2.14. The number of hydrogen-bond donors (Lipinski definition) is 1. The smallest absolute Gasteiger partial charge is 0.414 e. The summed E-state index contributed by atoms with van der Waals surface area (Å²) in [6.07, 6.45) is 3.37. The third-order valence-electron chi connectivity index (χ3n) is 6.43. The zero-order valence-corrected chi connectivity index (χ0v) is 26.7. The molecule has 15 heteroatoms. The first kappa shape index (κ1) is 32.9. The van der Waals surface area contributed by atoms with Crippen LogP contribution in [-0.4, -0.2) is 74.8 Å². The van der Waals surface area contributed by atoms with Gasteiger partial charge in [-0.05, 0) is 50.6 Å². The maximum absolute atomic E-state index is 13.3. The van der Waals surface area contributed by atoms with Crippen molar-refractivity contribution < 1.29 is 31.6 Å². The van der Waals surface area contributed by atoms with Crippen molar-refractivity contribution in [3.8, 4) is 23.2 Å². The average Bonchev–Trinajstić information content (AvgIpc) is 3.24. The fourth-order valence-corrected chi connectivity index (χ4v) is 5.18. The molecule has 1 aliphatic rings. The Labute approximate surface area is 261 Å². The number of fused-ring (bicyclic) bond motifs is 1. The number of anilines is 3. The predicted octanol–water partition coefficient (Wildman–Crippen LogP) is 4.82. The summed E-state index contributed by atoms with van der Waals surface area (Å²) in [6.45, 7) is 7.26. The minimum absolute atomic E-state index is 0.00199. The number of carbonyl (C=O) groups excluding carboxylic acids is 1. The van der Waals surface area contributed by atoms with Gasteiger partial charge in [-0.25, -0.2) is 19.7 Å². The number of benzene rings is 1. The fourth-order valence-electron chi connectivity index (χ4n) is 4.65. The molecule has 13 nitrogen and oxygen atoms in total. The van der Waals surface area contributed by atoms with Gasteiger partial charge in [0, 0.05) is 29.9 Å². The van der Waals surface area contributed by atoms with Crippen LogP contribution in [0.5, 0.6) is 5.88 Å². The molecule has 0 fully saturated rings. The number of pyridine rings is 1. The number of hydrogen-bond acceptors (Lipinski definition) is 12. The van der Waals surface area contributed by atoms with E-state index in [0.717, 1.165) is 6.26 Å². The lowest BCUT2D eigenvalue weighted by Gasteiger charge is -2.27. The first-order chi connectivity index (χ1) is 20.6. The molecule has 0 bridgehead atoms. The van der Waals surface area contributed by atoms with Crippen molar-refractivity contribution in [3.63, 3.8) is 0 Å². The topological polar surface area (TPSA) is 166 Å². The zero-order chi connectivity index (χ0) is 32.3. The molecule has 44 heavy (non-hydrogen) atoms. The molecular weight excluding hydrogens is 612 g/mol. The predicted molar refractivity (Wildman–Crippen MR) is 164 cm³/mol. The molecule has 3 heterocycles. The molecule has 4 rings (SSSR count). The number of ether oxygens (including phenoxy) is 3. The quantitative estimate of drug-likeness (QED) is 0.236. The Morgan fingerprint density at radius 1 is 1.23 bits per heavy atom. The van der Waals surface area contributed by atoms with E-state index in [-0.39, 0.29) is 37.9 Å². The van der Waals surface area contributed by atoms with Gasteiger partial charge in [-0.3, -0.25) is 9.08 Å². The Balaban J connectivity index is 1.72. The molecule has 0 saturated carbocycles. The van der Waals surface area contributed by atoms with Gasteiger partial charge in [0.1, 0.15) is 17.4 Å². The molecular formula is C29H33ClN6O7S. The van der Waals surface area contributed by atoms with Crippen LogP contribution in [0, 0.1) is 11.3 Å². The zero-order valence-electron chi connectivity index (χ0n) is 25.2. The fraction of sp³-hybridized carbons (Fsp3) is 0.414. The number of halogens is 1. The molecule has 1 N–H and O–H groups in total. The van der Waals surface area contributed by atoms with Crippen LogP contribution in [0.1, 0.15) is 38.8 Å². The highest BCUT2D eigenvalue weighted by atomic mass is 35.5. The number of aromatic nitrogens is 3. The van der Waals surface area contributed by atoms with E-state index in [1.165, 1.54) is 18.2 Å². The number of nitrogens with zero attached hydrogens (tertiary/aromatic N) is 5. The molecule has 1 aliphatic heterocycles. The lowest BCUT2D eigenvalue weighted by molar-refractivity contribution is 0.0541. The van der Waals surface area contributed by atoms with Crippen LogP contribution in [0.25, 0.3) is 11.3 Å². The molecule has 0 spiro atoms. The van der Waals surface area contributed by atoms with Crippen molar-refractivity contribution in [2.75, 3.05) is 49.9 Å². The molecule has 1 unspecified atom stereocenters. The van der Waals surface area contributed by atoms with E-state index in [0.29, 0.717) is 39.1 Å². The number of nitrogens with one attached hydrogen (secondary N) is 1. The van der Waals surface area contributed by atoms with Crippen LogP contribution in [0.4, 0.5) is 22.1 Å². The van der Waals surface area contributed by atoms with Gasteiger partial charge in [0.15, 0.2) is 0 Å². The van der Waals surface area contributed by atoms with Gasteiger partial charge in [0.05, 0.1) is 55.2 Å². The Kier molecular flexibility index (Phi) is 9.65. The normalized spacial score (nSPS) is 16.3. The summed E-state index contributed by atoms with van der Waals surface area (Å²) >= 11 is 6.11. The van der Waals surface area contributed by atoms with Crippen LogP contribution in [0.3, 0.4) is 0 Å². The van der Waals surface area contributed by atoms with Gasteiger partial charge in [-0.15, -0.1) is 0 Å². The highest BCUT2D eigenvalue weighted by Gasteiger charge is 2.45. The number of rotatable bonds is 10. The van der Waals surface area contributed by atoms with Gasteiger partial charge in [-0.1, -0.05) is 18.5 Å². The van der Waals surface area contributed by atoms with E-state index in [4.69, 9.17) is 30.0 Å². The van der Waals surface area contributed by atoms with E-state index in [2.05, 4.69) is 26.3 Å². The van der Waals surface area contributed by atoms with E-state index in [1.54, 1.807) is 45.2 Å². The lowest BCUT2D eigenvalue weighted by Crippen LogP contribution is -2.41. The Morgan fingerprint density at radius 2 is 1.98 bits per heavy atom. The summed E-state index contributed by atoms with van der Waals surface area (Å²) in [5, 5.41) is 13.7. The first-order valence-corrected chi connectivity index (χ1v) is 15.6. The summed E-state index contributed by atoms with van der Waals surface area (Å²) in [5.74, 6) is 0.531. The SMILES string of the molecule is COc1ncc(Cl)cc1Nc1nccc(-c2cc(C#N)c3c(c2)C(C)(COCCOS(C)(=O)=O)CN3C(=O)OC(C)(C)C)n1. The highest BCUT2D eigenvalue weighted by Crippen LogP contribution is 2.45. The molecule has 0 aliphatic carbocycles. The molecule has 1 amide bonds. The summed E-state index contributed by atoms with van der Waals surface area (Å²) < 4.78 is 44.2. The molecule has 1 atom stereocenters. The van der Waals surface area contributed by atoms with Crippen molar-refractivity contribution in [3.05, 3.63) is 52.8 Å². The second-order valence-corrected chi connectivity index (χ2v) is 13.4. The van der Waals surface area contributed by atoms with Crippen molar-refractivity contribution in [2.24, 2.45) is 0 Å². The van der Waals surface area contributed by atoms with Crippen molar-refractivity contribution in [2.45, 2.75) is 38.7 Å². The van der Waals surface area contributed by atoms with Crippen molar-refractivity contribution in [1.82, 2.24) is 15.0 Å². The van der Waals surface area contributed by atoms with Crippen molar-refractivity contribution >= 4 is 45.1 Å². The third-order valence-corrected chi connectivity index (χ3v) is 7.23. The van der Waals surface area contributed by atoms with Gasteiger partial charge in [0.2, 0.25) is 11.8 Å². The van der Waals surface area contributed by atoms with Gasteiger partial charge in [0.25, 0.3) is 10.1 Å². The second-order valence-electron chi connectivity index (χ2n) is 11.3. The monoisotopic (exact) mass is 644 g/mol. The molecule has 1 aromatic carbocycles. The number of amides is 1. The molecule has 0 radical (unpaired) electrons. The minimum atomic E-state index is -3.62. The van der Waals surface area contributed by atoms with Crippen LogP contribution >= 0.6 is 11.6 Å². The van der Waals surface area contributed by atoms with E-state index < -0.39 is 27.2 Å². The second kappa shape index (κ2) is 12.9. The standard InChI is InChI=1S/C29H33ClN6O7S/c1-28(2,3)43-27(37)36-16-29(4,17-41-9-10-42-44(6,38)39)21-12-18(11-19(14-31)24(21)36)22-7-8-32-26(34-22)35-23-13-20(30)15-33-25(23)40-5/h7-8,11-13,15H,9-10,16-17H2,1-6H3,(H,32,34,35). The lowest BCUT2D eigenvalue weighted by atomic mass is 9.83. The Morgan fingerprint density at radius 3 is 2.64 bits per heavy atom. The number of methoxy groups -OCH3 is 1. The van der Waals surface area contributed by atoms with E-state index in [1.807, 2.05) is 13.0 Å². The third kappa shape index (κ3) is 7.92. The number of nitriles is 1. The molecule has 234 valence electrons. The van der Waals surface area contributed by atoms with Gasteiger partial charge in [-0.2, -0.15) is 13.7 Å². The largest absolute Gasteiger partial charge is 0.480 e. The van der Waals surface area contributed by atoms with Gasteiger partial charge < -0.3 is 19.5 Å².